The average Bonchev–Trinajstić information content (AvgIpc) is 2.60. The molecule has 54 valence electrons. The van der Waals surface area contributed by atoms with Gasteiger partial charge in [-0.1, -0.05) is 23.8 Å². The van der Waals surface area contributed by atoms with E-state index < -0.39 is 0 Å². The van der Waals surface area contributed by atoms with E-state index in [1.807, 2.05) is 0 Å². The first-order valence-corrected chi connectivity index (χ1v) is 5.05. The van der Waals surface area contributed by atoms with Crippen molar-refractivity contribution in [2.24, 2.45) is 11.8 Å². The molecule has 0 aromatic carbocycles. The van der Waals surface area contributed by atoms with Gasteiger partial charge >= 0.3 is 0 Å². The molecule has 2 aliphatic carbocycles. The van der Waals surface area contributed by atoms with E-state index >= 15 is 0 Å². The summed E-state index contributed by atoms with van der Waals surface area (Å²) >= 11 is 0. The molecule has 0 N–H and O–H groups in total. The number of fused-ring (bicyclic) bond motifs is 2. The topological polar surface area (TPSA) is 0 Å². The van der Waals surface area contributed by atoms with Crippen molar-refractivity contribution >= 4 is 29.8 Å². The molecule has 0 spiro atoms. The van der Waals surface area contributed by atoms with Gasteiger partial charge in [-0.05, 0) is 18.3 Å². The Morgan fingerprint density at radius 1 is 1.00 bits per heavy atom. The van der Waals surface area contributed by atoms with E-state index in [1.54, 1.807) is 0 Å². The normalized spacial score (nSPS) is 46.2. The second-order valence-electron chi connectivity index (χ2n) is 4.09. The van der Waals surface area contributed by atoms with Gasteiger partial charge in [0, 0.05) is 0 Å². The molecule has 0 radical (unpaired) electrons. The van der Waals surface area contributed by atoms with Crippen molar-refractivity contribution in [1.29, 1.82) is 0 Å². The van der Waals surface area contributed by atoms with Gasteiger partial charge in [-0.15, -0.1) is 0 Å². The highest BCUT2D eigenvalue weighted by Gasteiger charge is 2.41. The summed E-state index contributed by atoms with van der Waals surface area (Å²) in [6.45, 7) is 0. The van der Waals surface area contributed by atoms with Crippen molar-refractivity contribution in [1.82, 2.24) is 0 Å². The van der Waals surface area contributed by atoms with Crippen LogP contribution in [0.15, 0.2) is 12.2 Å². The molecule has 0 heterocycles. The van der Waals surface area contributed by atoms with Gasteiger partial charge in [0.2, 0.25) is 0 Å². The van der Waals surface area contributed by atoms with Crippen LogP contribution >= 0.6 is 0 Å². The van der Waals surface area contributed by atoms with Crippen molar-refractivity contribution in [3.8, 4) is 0 Å². The fraction of sp³-hybridized carbons (Fsp3) is 0.714. The first-order chi connectivity index (χ1) is 5.36. The molecule has 0 aliphatic heterocycles. The van der Waals surface area contributed by atoms with E-state index in [4.69, 9.17) is 0 Å². The van der Waals surface area contributed by atoms with Crippen LogP contribution in [0.25, 0.3) is 0 Å². The van der Waals surface area contributed by atoms with Crippen molar-refractivity contribution in [2.45, 2.75) is 18.1 Å². The smallest absolute Gasteiger partial charge is 0.0856 e. The maximum absolute atomic E-state index is 2.46. The number of rotatable bonds is 2. The first kappa shape index (κ1) is 7.64. The summed E-state index contributed by atoms with van der Waals surface area (Å²) in [7, 11) is 7.48. The van der Waals surface area contributed by atoms with Crippen LogP contribution < -0.4 is 0 Å². The highest BCUT2D eigenvalue weighted by Crippen LogP contribution is 2.53. The van der Waals surface area contributed by atoms with Crippen LogP contribution in [0, 0.1) is 11.8 Å². The molecule has 0 nitrogen and oxygen atoms in total. The zero-order chi connectivity index (χ0) is 7.84. The lowest BCUT2D eigenvalue weighted by molar-refractivity contribution is 0.690. The summed E-state index contributed by atoms with van der Waals surface area (Å²) in [5, 5.41) is 0. The molecule has 2 aliphatic rings. The lowest BCUT2D eigenvalue weighted by atomic mass is 9.33. The zero-order valence-corrected chi connectivity index (χ0v) is 7.59. The van der Waals surface area contributed by atoms with Crippen LogP contribution in [-0.2, 0) is 0 Å². The molecule has 2 bridgehead atoms. The molecule has 11 heavy (non-hydrogen) atoms. The van der Waals surface area contributed by atoms with E-state index in [0.29, 0.717) is 0 Å². The largest absolute Gasteiger partial charge is 0.0862 e. The Bertz CT molecular complexity index is 161. The van der Waals surface area contributed by atoms with Crippen LogP contribution in [0.5, 0.6) is 0 Å². The third-order valence-corrected chi connectivity index (χ3v) is 3.74. The minimum Gasteiger partial charge on any atom is -0.0856 e. The van der Waals surface area contributed by atoms with Gasteiger partial charge in [0.1, 0.15) is 0 Å². The van der Waals surface area contributed by atoms with E-state index in [1.165, 1.54) is 20.8 Å². The Kier molecular flexibility index (Phi) is 1.95. The molecular weight excluding hydrogens is 127 g/mol. The summed E-state index contributed by atoms with van der Waals surface area (Å²) < 4.78 is 0. The summed E-state index contributed by atoms with van der Waals surface area (Å²) in [6, 6.07) is 0. The van der Waals surface area contributed by atoms with Crippen LogP contribution in [0.4, 0.5) is 0 Å². The molecule has 0 saturated heterocycles. The SMILES string of the molecule is BBC1C2C=CC(C2)C1BB. The van der Waals surface area contributed by atoms with Gasteiger partial charge in [-0.3, -0.25) is 0 Å². The molecule has 4 heteroatoms. The molecular formula is C7H14B4. The number of allylic oxidation sites excluding steroid dienone is 2. The second kappa shape index (κ2) is 2.80. The minimum absolute atomic E-state index is 0.954. The van der Waals surface area contributed by atoms with Gasteiger partial charge in [-0.2, -0.15) is 0 Å². The van der Waals surface area contributed by atoms with Crippen LogP contribution in [0.3, 0.4) is 0 Å². The highest BCUT2D eigenvalue weighted by atomic mass is 14.4. The van der Waals surface area contributed by atoms with E-state index in [2.05, 4.69) is 27.6 Å². The second-order valence-corrected chi connectivity index (χ2v) is 4.09. The maximum Gasteiger partial charge on any atom is 0.0862 e. The first-order valence-electron chi connectivity index (χ1n) is 5.05. The maximum atomic E-state index is 2.46. The van der Waals surface area contributed by atoms with Gasteiger partial charge in [-0.25, -0.2) is 0 Å². The number of hydrogen-bond acceptors (Lipinski definition) is 0. The fourth-order valence-corrected chi connectivity index (χ4v) is 3.24. The molecule has 4 atom stereocenters. The Morgan fingerprint density at radius 3 is 1.82 bits per heavy atom. The standard InChI is InChI=1S/C7H14B4/c8-10-6-4-1-2-5(3-4)7(6)11-9/h1-2,4-7,10-11H,3,8-9H2. The summed E-state index contributed by atoms with van der Waals surface area (Å²) in [5.74, 6) is 3.95. The molecule has 4 unspecified atom stereocenters. The van der Waals surface area contributed by atoms with Gasteiger partial charge in [0.25, 0.3) is 0 Å². The van der Waals surface area contributed by atoms with Gasteiger partial charge in [0.15, 0.2) is 0 Å². The molecule has 2 rings (SSSR count). The zero-order valence-electron chi connectivity index (χ0n) is 7.59. The Balaban J connectivity index is 2.15. The van der Waals surface area contributed by atoms with Crippen molar-refractivity contribution in [2.75, 3.05) is 0 Å². The molecule has 1 fully saturated rings. The minimum atomic E-state index is 0.954. The summed E-state index contributed by atoms with van der Waals surface area (Å²) in [6.07, 6.45) is 6.40. The van der Waals surface area contributed by atoms with Crippen LogP contribution in [0.1, 0.15) is 6.42 Å². The Morgan fingerprint density at radius 2 is 1.45 bits per heavy atom. The van der Waals surface area contributed by atoms with E-state index in [-0.39, 0.29) is 0 Å². The molecule has 1 saturated carbocycles. The monoisotopic (exact) mass is 142 g/mol. The van der Waals surface area contributed by atoms with Crippen LogP contribution in [0.2, 0.25) is 11.6 Å². The van der Waals surface area contributed by atoms with Gasteiger partial charge in [0.05, 0.1) is 29.8 Å². The summed E-state index contributed by atoms with van der Waals surface area (Å²) in [5.41, 5.74) is 0. The van der Waals surface area contributed by atoms with Gasteiger partial charge < -0.3 is 0 Å². The quantitative estimate of drug-likeness (QED) is 0.333. The fourth-order valence-electron chi connectivity index (χ4n) is 3.24. The van der Waals surface area contributed by atoms with E-state index in [0.717, 1.165) is 23.5 Å². The van der Waals surface area contributed by atoms with Crippen LogP contribution in [-0.4, -0.2) is 29.8 Å². The predicted octanol–water partition coefficient (Wildman–Crippen LogP) is -1.26. The summed E-state index contributed by atoms with van der Waals surface area (Å²) in [4.78, 5) is 0. The molecule has 0 amide bonds. The highest BCUT2D eigenvalue weighted by molar-refractivity contribution is 6.94. The molecule has 0 aromatic heterocycles. The number of hydrogen-bond donors (Lipinski definition) is 0. The lowest BCUT2D eigenvalue weighted by Crippen LogP contribution is -2.20. The Hall–Kier alpha value is -0.000260. The van der Waals surface area contributed by atoms with Crippen molar-refractivity contribution in [3.05, 3.63) is 12.2 Å². The third-order valence-electron chi connectivity index (χ3n) is 3.74. The van der Waals surface area contributed by atoms with Crippen molar-refractivity contribution < 1.29 is 0 Å². The average molecular weight is 141 g/mol. The third kappa shape index (κ3) is 1.02. The molecule has 0 aromatic rings. The lowest BCUT2D eigenvalue weighted by Gasteiger charge is -2.25. The Labute approximate surface area is 72.5 Å². The predicted molar refractivity (Wildman–Crippen MR) is 59.6 cm³/mol. The van der Waals surface area contributed by atoms with Crippen molar-refractivity contribution in [3.63, 3.8) is 0 Å². The van der Waals surface area contributed by atoms with E-state index in [9.17, 15) is 0 Å².